The van der Waals surface area contributed by atoms with Gasteiger partial charge in [-0.15, -0.1) is 0 Å². The summed E-state index contributed by atoms with van der Waals surface area (Å²) in [5.74, 6) is 2.00. The Labute approximate surface area is 220 Å². The number of likely N-dealkylation sites (tertiary alicyclic amines) is 1. The molecule has 1 amide bonds. The molecule has 4 aromatic rings. The van der Waals surface area contributed by atoms with Gasteiger partial charge in [0, 0.05) is 42.4 Å². The zero-order valence-electron chi connectivity index (χ0n) is 20.9. The maximum Gasteiger partial charge on any atom is 0.225 e. The van der Waals surface area contributed by atoms with Crippen LogP contribution in [0.2, 0.25) is 0 Å². The number of nitriles is 1. The minimum Gasteiger partial charge on any atom is -0.350 e. The molecule has 0 radical (unpaired) electrons. The van der Waals surface area contributed by atoms with Crippen LogP contribution in [0.25, 0.3) is 28.0 Å². The summed E-state index contributed by atoms with van der Waals surface area (Å²) in [4.78, 5) is 40.6. The number of hydrogen-bond donors (Lipinski definition) is 1. The van der Waals surface area contributed by atoms with E-state index in [2.05, 4.69) is 21.4 Å². The number of amides is 1. The van der Waals surface area contributed by atoms with Crippen molar-refractivity contribution in [3.05, 3.63) is 66.1 Å². The van der Waals surface area contributed by atoms with E-state index in [0.717, 1.165) is 49.3 Å². The largest absolute Gasteiger partial charge is 0.350 e. The zero-order chi connectivity index (χ0) is 26.1. The molecule has 1 aliphatic carbocycles. The molecule has 190 valence electrons. The number of imidazole rings is 1. The van der Waals surface area contributed by atoms with E-state index in [0.29, 0.717) is 41.0 Å². The van der Waals surface area contributed by atoms with Gasteiger partial charge in [-0.3, -0.25) is 14.2 Å². The molecule has 1 unspecified atom stereocenters. The van der Waals surface area contributed by atoms with Gasteiger partial charge in [0.15, 0.2) is 6.29 Å². The number of carbonyl (C=O) groups excluding carboxylic acids is 2. The number of anilines is 1. The Kier molecular flexibility index (Phi) is 6.30. The molecule has 2 aromatic heterocycles. The number of rotatable bonds is 7. The topological polar surface area (TPSA) is 117 Å². The van der Waals surface area contributed by atoms with Gasteiger partial charge >= 0.3 is 0 Å². The first-order valence-electron chi connectivity index (χ1n) is 13.0. The van der Waals surface area contributed by atoms with E-state index < -0.39 is 0 Å². The lowest BCUT2D eigenvalue weighted by atomic mass is 9.99. The van der Waals surface area contributed by atoms with Crippen LogP contribution in [0.4, 0.5) is 5.95 Å². The van der Waals surface area contributed by atoms with Crippen molar-refractivity contribution in [1.29, 1.82) is 5.26 Å². The highest BCUT2D eigenvalue weighted by atomic mass is 16.2. The molecule has 1 atom stereocenters. The molecular formula is C29H27N7O2. The molecule has 6 rings (SSSR count). The van der Waals surface area contributed by atoms with Crippen LogP contribution in [0.5, 0.6) is 0 Å². The summed E-state index contributed by atoms with van der Waals surface area (Å²) < 4.78 is 1.82. The van der Waals surface area contributed by atoms with E-state index >= 15 is 0 Å². The van der Waals surface area contributed by atoms with Gasteiger partial charge in [-0.25, -0.2) is 9.97 Å². The molecule has 1 saturated carbocycles. The third-order valence-electron chi connectivity index (χ3n) is 7.29. The summed E-state index contributed by atoms with van der Waals surface area (Å²) in [5, 5.41) is 14.7. The molecule has 1 N–H and O–H groups in total. The molecule has 1 saturated heterocycles. The van der Waals surface area contributed by atoms with E-state index in [1.165, 1.54) is 0 Å². The van der Waals surface area contributed by atoms with Crippen molar-refractivity contribution >= 4 is 28.9 Å². The summed E-state index contributed by atoms with van der Waals surface area (Å²) in [6.45, 7) is 1.44. The van der Waals surface area contributed by atoms with Crippen molar-refractivity contribution in [3.8, 4) is 23.3 Å². The average Bonchev–Trinajstić information content (AvgIpc) is 3.72. The highest BCUT2D eigenvalue weighted by Crippen LogP contribution is 2.33. The number of aromatic nitrogens is 4. The second-order valence-corrected chi connectivity index (χ2v) is 9.89. The Hall–Kier alpha value is -4.58. The first-order valence-corrected chi connectivity index (χ1v) is 13.0. The van der Waals surface area contributed by atoms with E-state index in [1.807, 2.05) is 45.9 Å². The third-order valence-corrected chi connectivity index (χ3v) is 7.29. The maximum atomic E-state index is 12.6. The quantitative estimate of drug-likeness (QED) is 0.375. The van der Waals surface area contributed by atoms with Gasteiger partial charge in [0.05, 0.1) is 24.4 Å². The predicted octanol–water partition coefficient (Wildman–Crippen LogP) is 4.17. The lowest BCUT2D eigenvalue weighted by molar-refractivity contribution is -0.133. The first-order chi connectivity index (χ1) is 18.7. The van der Waals surface area contributed by atoms with Crippen LogP contribution in [0.1, 0.15) is 41.7 Å². The second kappa shape index (κ2) is 10.1. The molecular weight excluding hydrogens is 478 g/mol. The Bertz CT molecular complexity index is 1570. The minimum atomic E-state index is 0.0599. The van der Waals surface area contributed by atoms with Crippen molar-refractivity contribution in [2.45, 2.75) is 38.1 Å². The van der Waals surface area contributed by atoms with Crippen LogP contribution in [0.15, 0.2) is 54.9 Å². The molecule has 2 aliphatic rings. The fourth-order valence-corrected chi connectivity index (χ4v) is 5.27. The lowest BCUT2D eigenvalue weighted by Gasteiger charge is -2.33. The number of aldehydes is 1. The maximum absolute atomic E-state index is 12.6. The van der Waals surface area contributed by atoms with Crippen molar-refractivity contribution in [2.24, 2.45) is 5.92 Å². The van der Waals surface area contributed by atoms with Crippen LogP contribution in [-0.2, 0) is 11.2 Å². The molecule has 3 heterocycles. The van der Waals surface area contributed by atoms with Crippen molar-refractivity contribution in [1.82, 2.24) is 24.4 Å². The Morgan fingerprint density at radius 1 is 1.13 bits per heavy atom. The number of piperidine rings is 1. The molecule has 0 bridgehead atoms. The monoisotopic (exact) mass is 505 g/mol. The standard InChI is InChI=1S/C29H27N7O2/c30-13-11-22-16-32-27(24-10-9-19-4-1-2-6-23(19)25(24)18-37)36(22)26-12-14-31-29(34-26)33-21-5-3-15-35(17-21)28(38)20-7-8-20/h1-2,4,6,9-10,12,14,16,18,20-21H,3,5,7-8,11,15,17H2,(H,31,33,34). The molecule has 0 spiro atoms. The summed E-state index contributed by atoms with van der Waals surface area (Å²) in [6, 6.07) is 15.6. The Morgan fingerprint density at radius 2 is 2.00 bits per heavy atom. The van der Waals surface area contributed by atoms with Crippen molar-refractivity contribution in [2.75, 3.05) is 18.4 Å². The van der Waals surface area contributed by atoms with Crippen LogP contribution < -0.4 is 5.32 Å². The van der Waals surface area contributed by atoms with E-state index in [-0.39, 0.29) is 24.3 Å². The van der Waals surface area contributed by atoms with E-state index in [4.69, 9.17) is 4.98 Å². The normalized spacial score (nSPS) is 17.2. The molecule has 2 aromatic carbocycles. The number of carbonyl (C=O) groups is 2. The Balaban J connectivity index is 1.35. The van der Waals surface area contributed by atoms with Crippen LogP contribution in [0.3, 0.4) is 0 Å². The number of benzene rings is 2. The summed E-state index contributed by atoms with van der Waals surface area (Å²) in [5.41, 5.74) is 1.86. The van der Waals surface area contributed by atoms with Gasteiger partial charge in [-0.05, 0) is 48.6 Å². The predicted molar refractivity (Wildman–Crippen MR) is 143 cm³/mol. The molecule has 9 heteroatoms. The van der Waals surface area contributed by atoms with Gasteiger partial charge in [0.25, 0.3) is 0 Å². The second-order valence-electron chi connectivity index (χ2n) is 9.89. The number of hydrogen-bond acceptors (Lipinski definition) is 7. The fourth-order valence-electron chi connectivity index (χ4n) is 5.27. The van der Waals surface area contributed by atoms with Crippen LogP contribution in [-0.4, -0.2) is 55.7 Å². The lowest BCUT2D eigenvalue weighted by Crippen LogP contribution is -2.45. The Morgan fingerprint density at radius 3 is 2.82 bits per heavy atom. The van der Waals surface area contributed by atoms with Crippen LogP contribution in [0, 0.1) is 17.2 Å². The minimum absolute atomic E-state index is 0.0599. The highest BCUT2D eigenvalue weighted by Gasteiger charge is 2.35. The SMILES string of the molecule is N#CCc1cnc(-c2ccc3ccccc3c2C=O)n1-c1ccnc(NC2CCCN(C(=O)C3CC3)C2)n1. The molecule has 9 nitrogen and oxygen atoms in total. The fraction of sp³-hybridized carbons (Fsp3) is 0.310. The molecule has 38 heavy (non-hydrogen) atoms. The van der Waals surface area contributed by atoms with Gasteiger partial charge in [-0.2, -0.15) is 10.2 Å². The number of nitrogens with zero attached hydrogens (tertiary/aromatic N) is 6. The summed E-state index contributed by atoms with van der Waals surface area (Å²) >= 11 is 0. The van der Waals surface area contributed by atoms with E-state index in [9.17, 15) is 14.9 Å². The summed E-state index contributed by atoms with van der Waals surface area (Å²) in [7, 11) is 0. The first kappa shape index (κ1) is 23.8. The zero-order valence-corrected chi connectivity index (χ0v) is 20.9. The van der Waals surface area contributed by atoms with Gasteiger partial charge in [0.1, 0.15) is 11.6 Å². The molecule has 1 aliphatic heterocycles. The number of nitrogens with one attached hydrogen (secondary N) is 1. The van der Waals surface area contributed by atoms with Gasteiger partial charge in [-0.1, -0.05) is 30.3 Å². The average molecular weight is 506 g/mol. The van der Waals surface area contributed by atoms with Gasteiger partial charge < -0.3 is 10.2 Å². The van der Waals surface area contributed by atoms with E-state index in [1.54, 1.807) is 18.5 Å². The molecule has 2 fully saturated rings. The summed E-state index contributed by atoms with van der Waals surface area (Å²) in [6.07, 6.45) is 8.17. The van der Waals surface area contributed by atoms with Crippen LogP contribution >= 0.6 is 0 Å². The highest BCUT2D eigenvalue weighted by molar-refractivity contribution is 6.04. The van der Waals surface area contributed by atoms with Crippen molar-refractivity contribution < 1.29 is 9.59 Å². The van der Waals surface area contributed by atoms with Gasteiger partial charge in [0.2, 0.25) is 11.9 Å². The third kappa shape index (κ3) is 4.50. The number of fused-ring (bicyclic) bond motifs is 1. The van der Waals surface area contributed by atoms with Crippen molar-refractivity contribution in [3.63, 3.8) is 0 Å². The smallest absolute Gasteiger partial charge is 0.225 e.